The summed E-state index contributed by atoms with van der Waals surface area (Å²) in [6.45, 7) is 2.14. The lowest BCUT2D eigenvalue weighted by Crippen LogP contribution is -2.31. The number of nitrogens with zero attached hydrogens (tertiary/aromatic N) is 1. The normalized spacial score (nSPS) is 15.3. The van der Waals surface area contributed by atoms with E-state index in [-0.39, 0.29) is 11.7 Å². The molecule has 1 aliphatic heterocycles. The number of amides is 2. The molecule has 4 nitrogen and oxygen atoms in total. The highest BCUT2D eigenvalue weighted by atomic mass is 16.5. The molecule has 2 amide bonds. The largest absolute Gasteiger partial charge is 0.488 e. The first kappa shape index (κ1) is 10.4. The second kappa shape index (κ2) is 4.18. The lowest BCUT2D eigenvalue weighted by molar-refractivity contribution is -0.121. The third-order valence-electron chi connectivity index (χ3n) is 2.20. The number of ether oxygens (including phenoxy) is 1. The van der Waals surface area contributed by atoms with Crippen LogP contribution in [0.5, 0.6) is 0 Å². The molecule has 0 unspecified atom stereocenters. The molecule has 1 aromatic rings. The highest BCUT2D eigenvalue weighted by Gasteiger charge is 2.33. The van der Waals surface area contributed by atoms with Crippen molar-refractivity contribution >= 4 is 17.5 Å². The van der Waals surface area contributed by atoms with Crippen molar-refractivity contribution in [2.75, 3.05) is 11.5 Å². The first-order valence-corrected chi connectivity index (χ1v) is 5.02. The minimum atomic E-state index is -0.405. The molecule has 0 fully saturated rings. The lowest BCUT2D eigenvalue weighted by atomic mass is 10.3. The predicted octanol–water partition coefficient (Wildman–Crippen LogP) is 1.48. The second-order valence-electron chi connectivity index (χ2n) is 3.26. The molecule has 0 atom stereocenters. The van der Waals surface area contributed by atoms with Gasteiger partial charge in [0.2, 0.25) is 0 Å². The van der Waals surface area contributed by atoms with Crippen molar-refractivity contribution in [3.05, 3.63) is 42.2 Å². The number of imide groups is 1. The second-order valence-corrected chi connectivity index (χ2v) is 3.26. The van der Waals surface area contributed by atoms with E-state index in [0.29, 0.717) is 12.3 Å². The summed E-state index contributed by atoms with van der Waals surface area (Å²) in [5.74, 6) is -0.658. The van der Waals surface area contributed by atoms with Crippen molar-refractivity contribution in [3.63, 3.8) is 0 Å². The maximum atomic E-state index is 11.8. The zero-order valence-electron chi connectivity index (χ0n) is 8.84. The van der Waals surface area contributed by atoms with Crippen LogP contribution in [0.4, 0.5) is 5.69 Å². The zero-order chi connectivity index (χ0) is 11.5. The highest BCUT2D eigenvalue weighted by molar-refractivity contribution is 6.29. The standard InChI is InChI=1S/C12H11NO3/c1-2-16-10-8-11(14)13(12(10)15)9-6-4-3-5-7-9/h3-8H,2H2,1H3. The van der Waals surface area contributed by atoms with Crippen LogP contribution in [0.1, 0.15) is 6.92 Å². The fraction of sp³-hybridized carbons (Fsp3) is 0.167. The third kappa shape index (κ3) is 1.69. The minimum Gasteiger partial charge on any atom is -0.488 e. The summed E-state index contributed by atoms with van der Waals surface area (Å²) in [5, 5.41) is 0. The van der Waals surface area contributed by atoms with Gasteiger partial charge in [0.1, 0.15) is 0 Å². The van der Waals surface area contributed by atoms with Crippen LogP contribution in [0.2, 0.25) is 0 Å². The van der Waals surface area contributed by atoms with Crippen LogP contribution < -0.4 is 4.90 Å². The summed E-state index contributed by atoms with van der Waals surface area (Å²) in [6, 6.07) is 8.78. The smallest absolute Gasteiger partial charge is 0.300 e. The molecule has 0 saturated heterocycles. The van der Waals surface area contributed by atoms with E-state index in [9.17, 15) is 9.59 Å². The average molecular weight is 217 g/mol. The molecule has 2 rings (SSSR count). The van der Waals surface area contributed by atoms with Gasteiger partial charge in [0.05, 0.1) is 18.4 Å². The summed E-state index contributed by atoms with van der Waals surface area (Å²) in [7, 11) is 0. The molecule has 0 saturated carbocycles. The van der Waals surface area contributed by atoms with E-state index in [0.717, 1.165) is 4.90 Å². The Morgan fingerprint density at radius 1 is 1.19 bits per heavy atom. The molecule has 1 heterocycles. The van der Waals surface area contributed by atoms with E-state index in [1.165, 1.54) is 6.08 Å². The average Bonchev–Trinajstić information content (AvgIpc) is 2.56. The van der Waals surface area contributed by atoms with Gasteiger partial charge in [0, 0.05) is 0 Å². The fourth-order valence-electron chi connectivity index (χ4n) is 1.53. The molecule has 0 aromatic heterocycles. The number of rotatable bonds is 3. The fourth-order valence-corrected chi connectivity index (χ4v) is 1.53. The SMILES string of the molecule is CCOC1=CC(=O)N(c2ccccc2)C1=O. The molecule has 82 valence electrons. The van der Waals surface area contributed by atoms with Crippen molar-refractivity contribution in [2.45, 2.75) is 6.92 Å². The Hall–Kier alpha value is -2.10. The maximum Gasteiger partial charge on any atom is 0.300 e. The van der Waals surface area contributed by atoms with Gasteiger partial charge < -0.3 is 4.74 Å². The van der Waals surface area contributed by atoms with Crippen LogP contribution in [0, 0.1) is 0 Å². The molecule has 0 radical (unpaired) electrons. The number of anilines is 1. The van der Waals surface area contributed by atoms with Crippen LogP contribution in [-0.4, -0.2) is 18.4 Å². The molecule has 1 aromatic carbocycles. The summed E-state index contributed by atoms with van der Waals surface area (Å²) < 4.78 is 5.09. The van der Waals surface area contributed by atoms with Crippen LogP contribution in [-0.2, 0) is 14.3 Å². The van der Waals surface area contributed by atoms with E-state index in [1.807, 2.05) is 6.07 Å². The van der Waals surface area contributed by atoms with Crippen molar-refractivity contribution in [1.82, 2.24) is 0 Å². The third-order valence-corrected chi connectivity index (χ3v) is 2.20. The molecule has 0 N–H and O–H groups in total. The number of carbonyl (C=O) groups excluding carboxylic acids is 2. The summed E-state index contributed by atoms with van der Waals surface area (Å²) in [6.07, 6.45) is 1.22. The van der Waals surface area contributed by atoms with Gasteiger partial charge in [0.15, 0.2) is 5.76 Å². The maximum absolute atomic E-state index is 11.8. The van der Waals surface area contributed by atoms with E-state index < -0.39 is 5.91 Å². The van der Waals surface area contributed by atoms with E-state index in [4.69, 9.17) is 4.74 Å². The number of para-hydroxylation sites is 1. The van der Waals surface area contributed by atoms with Crippen LogP contribution in [0.25, 0.3) is 0 Å². The quantitative estimate of drug-likeness (QED) is 0.720. The monoisotopic (exact) mass is 217 g/mol. The van der Waals surface area contributed by atoms with Crippen molar-refractivity contribution < 1.29 is 14.3 Å². The van der Waals surface area contributed by atoms with Crippen molar-refractivity contribution in [1.29, 1.82) is 0 Å². The number of benzene rings is 1. The van der Waals surface area contributed by atoms with Gasteiger partial charge in [-0.15, -0.1) is 0 Å². The van der Waals surface area contributed by atoms with Crippen LogP contribution >= 0.6 is 0 Å². The first-order chi connectivity index (χ1) is 7.74. The van der Waals surface area contributed by atoms with E-state index in [2.05, 4.69) is 0 Å². The van der Waals surface area contributed by atoms with Gasteiger partial charge in [-0.1, -0.05) is 18.2 Å². The van der Waals surface area contributed by atoms with Crippen LogP contribution in [0.3, 0.4) is 0 Å². The Balaban J connectivity index is 2.28. The van der Waals surface area contributed by atoms with Gasteiger partial charge in [-0.05, 0) is 19.1 Å². The van der Waals surface area contributed by atoms with Gasteiger partial charge in [-0.25, -0.2) is 4.90 Å². The summed E-state index contributed by atoms with van der Waals surface area (Å²) >= 11 is 0. The Kier molecular flexibility index (Phi) is 2.72. The van der Waals surface area contributed by atoms with Crippen molar-refractivity contribution in [3.8, 4) is 0 Å². The Labute approximate surface area is 93.1 Å². The molecule has 1 aliphatic rings. The van der Waals surface area contributed by atoms with Gasteiger partial charge in [0.25, 0.3) is 5.91 Å². The van der Waals surface area contributed by atoms with Crippen molar-refractivity contribution in [2.24, 2.45) is 0 Å². The molecule has 0 spiro atoms. The molecular weight excluding hydrogens is 206 g/mol. The number of carbonyl (C=O) groups is 2. The Bertz CT molecular complexity index is 451. The highest BCUT2D eigenvalue weighted by Crippen LogP contribution is 2.22. The molecule has 0 bridgehead atoms. The van der Waals surface area contributed by atoms with Gasteiger partial charge in [-0.3, -0.25) is 9.59 Å². The minimum absolute atomic E-state index is 0.108. The first-order valence-electron chi connectivity index (χ1n) is 5.02. The van der Waals surface area contributed by atoms with Gasteiger partial charge in [-0.2, -0.15) is 0 Å². The zero-order valence-corrected chi connectivity index (χ0v) is 8.84. The molecule has 16 heavy (non-hydrogen) atoms. The van der Waals surface area contributed by atoms with Crippen LogP contribution in [0.15, 0.2) is 42.2 Å². The topological polar surface area (TPSA) is 46.6 Å². The predicted molar refractivity (Wildman–Crippen MR) is 58.6 cm³/mol. The molecule has 0 aliphatic carbocycles. The Morgan fingerprint density at radius 3 is 2.50 bits per heavy atom. The van der Waals surface area contributed by atoms with Gasteiger partial charge >= 0.3 is 5.91 Å². The number of hydrogen-bond donors (Lipinski definition) is 0. The summed E-state index contributed by atoms with van der Waals surface area (Å²) in [5.41, 5.74) is 0.559. The Morgan fingerprint density at radius 2 is 1.88 bits per heavy atom. The molecule has 4 heteroatoms. The summed E-state index contributed by atoms with van der Waals surface area (Å²) in [4.78, 5) is 24.5. The van der Waals surface area contributed by atoms with E-state index >= 15 is 0 Å². The number of hydrogen-bond acceptors (Lipinski definition) is 3. The lowest BCUT2D eigenvalue weighted by Gasteiger charge is -2.14. The molecular formula is C12H11NO3. The van der Waals surface area contributed by atoms with E-state index in [1.54, 1.807) is 31.2 Å².